The second kappa shape index (κ2) is 10.6. The summed E-state index contributed by atoms with van der Waals surface area (Å²) in [6.07, 6.45) is 0.107. The van der Waals surface area contributed by atoms with Crippen LogP contribution in [0.1, 0.15) is 25.3 Å². The molecule has 0 bridgehead atoms. The minimum atomic E-state index is -1.41. The Morgan fingerprint density at radius 1 is 1.30 bits per heavy atom. The molecule has 146 valence electrons. The van der Waals surface area contributed by atoms with Crippen molar-refractivity contribution in [1.82, 2.24) is 5.01 Å². The van der Waals surface area contributed by atoms with Gasteiger partial charge in [0.2, 0.25) is 0 Å². The molecule has 0 radical (unpaired) electrons. The van der Waals surface area contributed by atoms with Crippen LogP contribution in [0.4, 0.5) is 0 Å². The fraction of sp³-hybridized carbons (Fsp3) is 0.471. The van der Waals surface area contributed by atoms with Gasteiger partial charge >= 0.3 is 5.97 Å². The number of rotatable bonds is 10. The van der Waals surface area contributed by atoms with Crippen LogP contribution in [0.5, 0.6) is 11.5 Å². The molecule has 0 unspecified atom stereocenters. The van der Waals surface area contributed by atoms with Crippen LogP contribution in [0.15, 0.2) is 18.2 Å². The zero-order valence-electron chi connectivity index (χ0n) is 15.3. The molecule has 10 nitrogen and oxygen atoms in total. The standard InChI is InChI=1S/C17H21N3O7/c1-4-5-13(17(22)27-9-8-18)19(20(23)24)16(21)11-12-6-7-14(25-2)15(10-12)26-3/h6-7,10,13H,4-5,9,11H2,1-3H3/t13-/m0/s1. The average Bonchev–Trinajstić information content (AvgIpc) is 2.65. The van der Waals surface area contributed by atoms with Crippen LogP contribution in [0.2, 0.25) is 0 Å². The third-order valence-electron chi connectivity index (χ3n) is 3.64. The number of nitriles is 1. The summed E-state index contributed by atoms with van der Waals surface area (Å²) in [4.78, 5) is 36.1. The highest BCUT2D eigenvalue weighted by Crippen LogP contribution is 2.28. The first-order valence-electron chi connectivity index (χ1n) is 8.10. The average molecular weight is 379 g/mol. The highest BCUT2D eigenvalue weighted by atomic mass is 16.7. The van der Waals surface area contributed by atoms with Gasteiger partial charge in [0.15, 0.2) is 29.2 Å². The lowest BCUT2D eigenvalue weighted by molar-refractivity contribution is -0.640. The molecule has 0 fully saturated rings. The summed E-state index contributed by atoms with van der Waals surface area (Å²) < 4.78 is 14.9. The van der Waals surface area contributed by atoms with Crippen molar-refractivity contribution in [3.05, 3.63) is 33.9 Å². The summed E-state index contributed by atoms with van der Waals surface area (Å²) in [7, 11) is 2.88. The van der Waals surface area contributed by atoms with Gasteiger partial charge < -0.3 is 14.2 Å². The molecule has 0 aliphatic heterocycles. The molecule has 10 heteroatoms. The van der Waals surface area contributed by atoms with Gasteiger partial charge in [-0.05, 0) is 29.1 Å². The fourth-order valence-electron chi connectivity index (χ4n) is 2.44. The second-order valence-electron chi connectivity index (χ2n) is 5.41. The van der Waals surface area contributed by atoms with Crippen LogP contribution in [0.25, 0.3) is 0 Å². The number of hydrogen-bond acceptors (Lipinski definition) is 8. The largest absolute Gasteiger partial charge is 0.493 e. The molecule has 1 atom stereocenters. The number of hydrazine groups is 1. The van der Waals surface area contributed by atoms with E-state index in [2.05, 4.69) is 4.74 Å². The summed E-state index contributed by atoms with van der Waals surface area (Å²) in [5.41, 5.74) is 0.449. The topological polar surface area (TPSA) is 132 Å². The predicted molar refractivity (Wildman–Crippen MR) is 92.4 cm³/mol. The van der Waals surface area contributed by atoms with Gasteiger partial charge in [0.25, 0.3) is 5.91 Å². The molecule has 1 rings (SSSR count). The molecule has 0 aliphatic rings. The van der Waals surface area contributed by atoms with Gasteiger partial charge in [0, 0.05) is 0 Å². The van der Waals surface area contributed by atoms with E-state index in [-0.39, 0.29) is 17.9 Å². The van der Waals surface area contributed by atoms with Crippen LogP contribution >= 0.6 is 0 Å². The number of nitro groups is 1. The van der Waals surface area contributed by atoms with Crippen LogP contribution in [-0.2, 0) is 20.7 Å². The van der Waals surface area contributed by atoms with Crippen molar-refractivity contribution in [3.8, 4) is 17.6 Å². The molecular formula is C17H21N3O7. The highest BCUT2D eigenvalue weighted by molar-refractivity contribution is 5.85. The third-order valence-corrected chi connectivity index (χ3v) is 3.64. The van der Waals surface area contributed by atoms with Gasteiger partial charge in [-0.2, -0.15) is 5.26 Å². The summed E-state index contributed by atoms with van der Waals surface area (Å²) >= 11 is 0. The summed E-state index contributed by atoms with van der Waals surface area (Å²) in [5, 5.41) is 19.3. The van der Waals surface area contributed by atoms with E-state index < -0.39 is 29.6 Å². The summed E-state index contributed by atoms with van der Waals surface area (Å²) in [6.45, 7) is 1.16. The van der Waals surface area contributed by atoms with E-state index in [0.29, 0.717) is 23.5 Å². The Morgan fingerprint density at radius 2 is 1.96 bits per heavy atom. The van der Waals surface area contributed by atoms with Gasteiger partial charge in [-0.1, -0.05) is 19.4 Å². The van der Waals surface area contributed by atoms with E-state index in [1.807, 2.05) is 0 Å². The Bertz CT molecular complexity index is 730. The maximum Gasteiger partial charge on any atom is 0.336 e. The van der Waals surface area contributed by atoms with E-state index in [1.54, 1.807) is 25.1 Å². The molecule has 1 amide bonds. The molecule has 0 spiro atoms. The van der Waals surface area contributed by atoms with Crippen LogP contribution in [0, 0.1) is 21.4 Å². The van der Waals surface area contributed by atoms with E-state index in [4.69, 9.17) is 14.7 Å². The highest BCUT2D eigenvalue weighted by Gasteiger charge is 2.39. The van der Waals surface area contributed by atoms with Crippen LogP contribution in [0.3, 0.4) is 0 Å². The number of nitrogens with zero attached hydrogens (tertiary/aromatic N) is 3. The number of amides is 1. The number of methoxy groups -OCH3 is 2. The van der Waals surface area contributed by atoms with E-state index in [0.717, 1.165) is 0 Å². The number of benzene rings is 1. The normalized spacial score (nSPS) is 11.0. The Balaban J connectivity index is 3.07. The van der Waals surface area contributed by atoms with Gasteiger partial charge in [0.1, 0.15) is 6.07 Å². The smallest absolute Gasteiger partial charge is 0.336 e. The Morgan fingerprint density at radius 3 is 2.48 bits per heavy atom. The first-order valence-corrected chi connectivity index (χ1v) is 8.10. The van der Waals surface area contributed by atoms with Gasteiger partial charge in [0.05, 0.1) is 20.6 Å². The molecule has 27 heavy (non-hydrogen) atoms. The van der Waals surface area contributed by atoms with Crippen molar-refractivity contribution in [3.63, 3.8) is 0 Å². The van der Waals surface area contributed by atoms with Crippen molar-refractivity contribution < 1.29 is 28.8 Å². The molecule has 1 aromatic rings. The van der Waals surface area contributed by atoms with Gasteiger partial charge in [-0.3, -0.25) is 4.79 Å². The maximum atomic E-state index is 12.5. The van der Waals surface area contributed by atoms with Crippen molar-refractivity contribution >= 4 is 11.9 Å². The van der Waals surface area contributed by atoms with Crippen LogP contribution in [-0.4, -0.2) is 48.8 Å². The lowest BCUT2D eigenvalue weighted by atomic mass is 10.1. The monoisotopic (exact) mass is 379 g/mol. The molecule has 0 saturated heterocycles. The third kappa shape index (κ3) is 5.85. The lowest BCUT2D eigenvalue weighted by Crippen LogP contribution is -2.49. The van der Waals surface area contributed by atoms with E-state index in [9.17, 15) is 19.7 Å². The molecule has 0 saturated carbocycles. The zero-order chi connectivity index (χ0) is 20.4. The molecule has 0 heterocycles. The molecule has 1 aromatic carbocycles. The van der Waals surface area contributed by atoms with Crippen molar-refractivity contribution in [1.29, 1.82) is 5.26 Å². The van der Waals surface area contributed by atoms with Crippen LogP contribution < -0.4 is 9.47 Å². The Kier molecular flexibility index (Phi) is 8.51. The second-order valence-corrected chi connectivity index (χ2v) is 5.41. The quantitative estimate of drug-likeness (QED) is 0.339. The lowest BCUT2D eigenvalue weighted by Gasteiger charge is -2.21. The summed E-state index contributed by atoms with van der Waals surface area (Å²) in [5.74, 6) is -1.06. The molecule has 0 aliphatic carbocycles. The SMILES string of the molecule is CCC[C@@H](C(=O)OCC#N)N(C(=O)Cc1ccc(OC)c(OC)c1)[N+](=O)[O-]. The first kappa shape index (κ1) is 21.7. The molecule has 0 aromatic heterocycles. The van der Waals surface area contributed by atoms with Gasteiger partial charge in [-0.25, -0.2) is 14.9 Å². The zero-order valence-corrected chi connectivity index (χ0v) is 15.3. The first-order chi connectivity index (χ1) is 12.9. The fourth-order valence-corrected chi connectivity index (χ4v) is 2.44. The molecule has 0 N–H and O–H groups in total. The number of carbonyl (C=O) groups is 2. The minimum Gasteiger partial charge on any atom is -0.493 e. The number of ether oxygens (including phenoxy) is 3. The van der Waals surface area contributed by atoms with Crippen molar-refractivity contribution in [2.24, 2.45) is 0 Å². The van der Waals surface area contributed by atoms with E-state index >= 15 is 0 Å². The van der Waals surface area contributed by atoms with Crippen molar-refractivity contribution in [2.45, 2.75) is 32.2 Å². The Hall–Kier alpha value is -3.35. The van der Waals surface area contributed by atoms with E-state index in [1.165, 1.54) is 20.3 Å². The molecular weight excluding hydrogens is 358 g/mol. The number of hydrogen-bond donors (Lipinski definition) is 0. The Labute approximate surface area is 156 Å². The minimum absolute atomic E-state index is 0.0307. The predicted octanol–water partition coefficient (Wildman–Crippen LogP) is 1.50. The number of carbonyl (C=O) groups excluding carboxylic acids is 2. The maximum absolute atomic E-state index is 12.5. The van der Waals surface area contributed by atoms with Crippen molar-refractivity contribution in [2.75, 3.05) is 20.8 Å². The summed E-state index contributed by atoms with van der Waals surface area (Å²) in [6, 6.07) is 4.87. The van der Waals surface area contributed by atoms with Gasteiger partial charge in [-0.15, -0.1) is 0 Å². The number of esters is 1.